The van der Waals surface area contributed by atoms with Crippen molar-refractivity contribution in [2.45, 2.75) is 77.7 Å². The van der Waals surface area contributed by atoms with Gasteiger partial charge in [-0.2, -0.15) is 0 Å². The fraction of sp³-hybridized carbons (Fsp3) is 0.435. The third-order valence-corrected chi connectivity index (χ3v) is 12.9. The summed E-state index contributed by atoms with van der Waals surface area (Å²) in [5.74, 6) is 0.586. The lowest BCUT2D eigenvalue weighted by atomic mass is 10.1. The van der Waals surface area contributed by atoms with Gasteiger partial charge in [0, 0.05) is 94.5 Å². The van der Waals surface area contributed by atoms with Crippen LogP contribution >= 0.6 is 11.3 Å². The Hall–Kier alpha value is -5.44. The predicted molar refractivity (Wildman–Crippen MR) is 242 cm³/mol. The second-order valence-corrected chi connectivity index (χ2v) is 18.1. The van der Waals surface area contributed by atoms with E-state index in [1.807, 2.05) is 51.4 Å². The third kappa shape index (κ3) is 9.77. The maximum Gasteiger partial charge on any atom is 0.407 e. The number of para-hydroxylation sites is 1. The van der Waals surface area contributed by atoms with E-state index in [4.69, 9.17) is 10.5 Å². The second kappa shape index (κ2) is 18.0. The lowest BCUT2D eigenvalue weighted by molar-refractivity contribution is 0.0523. The molecule has 3 aliphatic rings. The lowest BCUT2D eigenvalue weighted by Crippen LogP contribution is -2.54. The summed E-state index contributed by atoms with van der Waals surface area (Å²) < 4.78 is 5.49. The highest BCUT2D eigenvalue weighted by molar-refractivity contribution is 7.13. The highest BCUT2D eigenvalue weighted by Crippen LogP contribution is 2.35. The van der Waals surface area contributed by atoms with Crippen molar-refractivity contribution in [2.24, 2.45) is 0 Å². The average Bonchev–Trinajstić information content (AvgIpc) is 3.76. The highest BCUT2D eigenvalue weighted by atomic mass is 32.1. The van der Waals surface area contributed by atoms with Gasteiger partial charge in [-0.25, -0.2) is 9.78 Å². The van der Waals surface area contributed by atoms with Gasteiger partial charge in [-0.1, -0.05) is 36.4 Å². The first-order valence-corrected chi connectivity index (χ1v) is 22.1. The maximum atomic E-state index is 12.5. The molecule has 2 atom stereocenters. The molecule has 0 saturated carbocycles. The molecule has 2 unspecified atom stereocenters. The molecule has 3 aliphatic heterocycles. The van der Waals surface area contributed by atoms with Crippen molar-refractivity contribution >= 4 is 40.3 Å². The molecule has 2 aromatic heterocycles. The van der Waals surface area contributed by atoms with Crippen LogP contribution in [0.15, 0.2) is 78.3 Å². The quantitative estimate of drug-likeness (QED) is 0.0879. The Kier molecular flexibility index (Phi) is 12.4. The number of carbonyl (C=O) groups is 1. The van der Waals surface area contributed by atoms with Gasteiger partial charge in [-0.3, -0.25) is 9.80 Å². The number of aromatic hydroxyl groups is 1. The summed E-state index contributed by atoms with van der Waals surface area (Å²) in [4.78, 5) is 28.2. The molecular formula is C46H58N10O3S. The number of nitrogens with two attached hydrogens (primary N) is 1. The van der Waals surface area contributed by atoms with E-state index in [0.29, 0.717) is 35.7 Å². The normalized spacial score (nSPS) is 18.5. The Labute approximate surface area is 357 Å². The molecule has 0 spiro atoms. The molecule has 0 aliphatic carbocycles. The van der Waals surface area contributed by atoms with E-state index in [1.54, 1.807) is 23.5 Å². The van der Waals surface area contributed by atoms with E-state index in [9.17, 15) is 9.90 Å². The minimum Gasteiger partial charge on any atom is -0.507 e. The Balaban J connectivity index is 0.812. The van der Waals surface area contributed by atoms with Crippen LogP contribution in [0.25, 0.3) is 21.7 Å². The van der Waals surface area contributed by atoms with Crippen molar-refractivity contribution in [3.05, 3.63) is 95.1 Å². The number of phenols is 1. The number of hydrogen-bond donors (Lipinski definition) is 4. The Morgan fingerprint density at radius 1 is 0.950 bits per heavy atom. The zero-order valence-corrected chi connectivity index (χ0v) is 36.0. The second-order valence-electron chi connectivity index (χ2n) is 17.2. The van der Waals surface area contributed by atoms with Gasteiger partial charge in [-0.15, -0.1) is 21.5 Å². The minimum absolute atomic E-state index is 0.178. The van der Waals surface area contributed by atoms with Gasteiger partial charge in [0.15, 0.2) is 5.82 Å². The number of carbonyl (C=O) groups excluding carboxylic acids is 1. The summed E-state index contributed by atoms with van der Waals surface area (Å²) in [5.41, 5.74) is 16.6. The lowest BCUT2D eigenvalue weighted by Gasteiger charge is -2.42. The van der Waals surface area contributed by atoms with E-state index in [2.05, 4.69) is 87.9 Å². The maximum absolute atomic E-state index is 12.5. The largest absolute Gasteiger partial charge is 0.507 e. The third-order valence-electron chi connectivity index (χ3n) is 11.9. The van der Waals surface area contributed by atoms with E-state index in [0.717, 1.165) is 98.4 Å². The molecule has 5 aromatic rings. The topological polar surface area (TPSA) is 148 Å². The monoisotopic (exact) mass is 830 g/mol. The van der Waals surface area contributed by atoms with E-state index in [-0.39, 0.29) is 5.75 Å². The van der Waals surface area contributed by atoms with Crippen molar-refractivity contribution in [2.75, 3.05) is 73.2 Å². The van der Waals surface area contributed by atoms with Gasteiger partial charge in [0.05, 0.1) is 27.5 Å². The van der Waals surface area contributed by atoms with Crippen molar-refractivity contribution in [1.29, 1.82) is 0 Å². The number of fused-ring (bicyclic) bond motifs is 2. The zero-order chi connectivity index (χ0) is 41.8. The molecule has 5 heterocycles. The van der Waals surface area contributed by atoms with Gasteiger partial charge in [0.25, 0.3) is 0 Å². The Morgan fingerprint density at radius 2 is 1.70 bits per heavy atom. The van der Waals surface area contributed by atoms with Crippen molar-refractivity contribution in [3.8, 4) is 27.4 Å². The molecule has 0 radical (unpaired) electrons. The molecule has 60 heavy (non-hydrogen) atoms. The number of piperazine rings is 2. The Bertz CT molecular complexity index is 2240. The number of hydrogen-bond acceptors (Lipinski definition) is 13. The molecule has 3 aromatic carbocycles. The molecule has 2 bridgehead atoms. The van der Waals surface area contributed by atoms with Crippen molar-refractivity contribution in [1.82, 2.24) is 30.3 Å². The van der Waals surface area contributed by atoms with Crippen LogP contribution in [0, 0.1) is 6.92 Å². The number of ether oxygens (including phenoxy) is 1. The van der Waals surface area contributed by atoms with E-state index < -0.39 is 11.7 Å². The number of thiazole rings is 1. The number of amides is 1. The summed E-state index contributed by atoms with van der Waals surface area (Å²) in [5, 5.41) is 25.5. The predicted octanol–water partition coefficient (Wildman–Crippen LogP) is 7.37. The summed E-state index contributed by atoms with van der Waals surface area (Å²) in [6.07, 6.45) is 3.10. The van der Waals surface area contributed by atoms with Gasteiger partial charge in [-0.05, 0) is 100 Å². The number of benzene rings is 3. The SMILES string of the molecule is Cc1ncsc1-c1ccc(CNC(=O)OC(C)(C)C)c(NCCCN2C3CCC2CN(c2ccc(CN4CCN(c5cc(-c6ccccc6O)nnc5N)CC4)cc2)C3)c1. The van der Waals surface area contributed by atoms with Gasteiger partial charge < -0.3 is 36.0 Å². The van der Waals surface area contributed by atoms with Crippen LogP contribution in [-0.2, 0) is 17.8 Å². The highest BCUT2D eigenvalue weighted by Gasteiger charge is 2.39. The number of aromatic nitrogens is 3. The summed E-state index contributed by atoms with van der Waals surface area (Å²) >= 11 is 1.65. The molecule has 1 amide bonds. The smallest absolute Gasteiger partial charge is 0.407 e. The minimum atomic E-state index is -0.549. The first-order valence-electron chi connectivity index (χ1n) is 21.2. The molecule has 3 fully saturated rings. The molecule has 316 valence electrons. The van der Waals surface area contributed by atoms with Gasteiger partial charge >= 0.3 is 6.09 Å². The fourth-order valence-corrected chi connectivity index (χ4v) is 9.63. The number of aryl methyl sites for hydroxylation is 1. The van der Waals surface area contributed by atoms with Crippen LogP contribution in [0.4, 0.5) is 27.7 Å². The number of nitrogen functional groups attached to an aromatic ring is 1. The van der Waals surface area contributed by atoms with Crippen LogP contribution in [0.1, 0.15) is 56.9 Å². The van der Waals surface area contributed by atoms with Crippen LogP contribution in [0.2, 0.25) is 0 Å². The molecule has 3 saturated heterocycles. The van der Waals surface area contributed by atoms with Crippen LogP contribution in [0.3, 0.4) is 0 Å². The molecule has 5 N–H and O–H groups in total. The average molecular weight is 831 g/mol. The fourth-order valence-electron chi connectivity index (χ4n) is 8.83. The first-order chi connectivity index (χ1) is 29.0. The first kappa shape index (κ1) is 41.3. The van der Waals surface area contributed by atoms with Crippen LogP contribution in [0.5, 0.6) is 5.75 Å². The van der Waals surface area contributed by atoms with Crippen LogP contribution < -0.4 is 26.2 Å². The molecule has 13 nitrogen and oxygen atoms in total. The number of nitrogens with zero attached hydrogens (tertiary/aromatic N) is 7. The van der Waals surface area contributed by atoms with E-state index in [1.165, 1.54) is 24.1 Å². The zero-order valence-electron chi connectivity index (χ0n) is 35.2. The number of rotatable bonds is 13. The van der Waals surface area contributed by atoms with Crippen molar-refractivity contribution < 1.29 is 14.6 Å². The van der Waals surface area contributed by atoms with E-state index >= 15 is 0 Å². The molecule has 14 heteroatoms. The standard InChI is InChI=1S/C46H58N10O3S/c1-31-43(60-30-50-31)33-12-13-34(26-49-45(58)59-46(2,3)4)39(24-33)48-18-7-19-56-36-16-17-37(56)29-55(28-36)35-14-10-32(11-15-35)27-53-20-22-54(23-21-53)41-25-40(51-52-44(41)47)38-8-5-6-9-42(38)57/h5-6,8-15,24-25,30,36-37,48,57H,7,16-23,26-29H2,1-4H3,(H2,47,52)(H,49,58). The number of alkyl carbamates (subject to hydrolysis) is 1. The summed E-state index contributed by atoms with van der Waals surface area (Å²) in [6.45, 7) is 16.5. The van der Waals surface area contributed by atoms with Crippen molar-refractivity contribution in [3.63, 3.8) is 0 Å². The number of phenolic OH excluding ortho intramolecular Hbond substituents is 1. The van der Waals surface area contributed by atoms with Gasteiger partial charge in [0.1, 0.15) is 11.4 Å². The summed E-state index contributed by atoms with van der Waals surface area (Å²) in [6, 6.07) is 25.8. The molecular weight excluding hydrogens is 773 g/mol. The number of nitrogens with one attached hydrogen (secondary N) is 2. The number of anilines is 4. The summed E-state index contributed by atoms with van der Waals surface area (Å²) in [7, 11) is 0. The van der Waals surface area contributed by atoms with Gasteiger partial charge in [0.2, 0.25) is 0 Å². The van der Waals surface area contributed by atoms with Crippen LogP contribution in [-0.4, -0.2) is 106 Å². The molecule has 8 rings (SSSR count). The Morgan fingerprint density at radius 3 is 2.40 bits per heavy atom.